The number of aryl methyl sites for hydroxylation is 3. The smallest absolute Gasteiger partial charge is 0.00772 e. The lowest BCUT2D eigenvalue weighted by molar-refractivity contribution is 0.600. The maximum Gasteiger partial charge on any atom is 0.00772 e. The molecule has 1 aromatic rings. The molecule has 0 aliphatic heterocycles. The van der Waals surface area contributed by atoms with E-state index in [4.69, 9.17) is 0 Å². The Hall–Kier alpha value is -0.340. The SMILES string of the molecule is CCCNCCCCCc1sc(C)cc1C. The van der Waals surface area contributed by atoms with Gasteiger partial charge in [0.15, 0.2) is 0 Å². The highest BCUT2D eigenvalue weighted by Gasteiger charge is 2.02. The van der Waals surface area contributed by atoms with Crippen molar-refractivity contribution in [3.63, 3.8) is 0 Å². The maximum atomic E-state index is 3.45. The Kier molecular flexibility index (Phi) is 6.74. The maximum absolute atomic E-state index is 3.45. The third-order valence-corrected chi connectivity index (χ3v) is 4.04. The topological polar surface area (TPSA) is 12.0 Å². The first kappa shape index (κ1) is 13.7. The Bertz CT molecular complexity index is 291. The van der Waals surface area contributed by atoms with Crippen LogP contribution in [0.4, 0.5) is 0 Å². The van der Waals surface area contributed by atoms with Crippen molar-refractivity contribution in [2.24, 2.45) is 0 Å². The molecule has 0 saturated carbocycles. The predicted octanol–water partition coefficient (Wildman–Crippen LogP) is 4.08. The molecule has 0 atom stereocenters. The zero-order chi connectivity index (χ0) is 11.8. The molecular formula is C14H25NS. The fourth-order valence-electron chi connectivity index (χ4n) is 1.95. The number of thiophene rings is 1. The molecule has 1 nitrogen and oxygen atoms in total. The molecule has 0 aromatic carbocycles. The number of hydrogen-bond donors (Lipinski definition) is 1. The number of nitrogens with one attached hydrogen (secondary N) is 1. The van der Waals surface area contributed by atoms with Gasteiger partial charge in [-0.25, -0.2) is 0 Å². The fraction of sp³-hybridized carbons (Fsp3) is 0.714. The second-order valence-corrected chi connectivity index (χ2v) is 5.86. The summed E-state index contributed by atoms with van der Waals surface area (Å²) in [5.74, 6) is 0. The molecule has 1 rings (SSSR count). The average Bonchev–Trinajstić information content (AvgIpc) is 2.56. The van der Waals surface area contributed by atoms with Crippen LogP contribution in [0.1, 0.15) is 47.9 Å². The van der Waals surface area contributed by atoms with Gasteiger partial charge >= 0.3 is 0 Å². The lowest BCUT2D eigenvalue weighted by atomic mass is 10.1. The largest absolute Gasteiger partial charge is 0.317 e. The van der Waals surface area contributed by atoms with Crippen LogP contribution in [0.15, 0.2) is 6.07 Å². The zero-order valence-corrected chi connectivity index (χ0v) is 11.8. The molecular weight excluding hydrogens is 214 g/mol. The van der Waals surface area contributed by atoms with E-state index in [0.29, 0.717) is 0 Å². The Morgan fingerprint density at radius 3 is 2.56 bits per heavy atom. The summed E-state index contributed by atoms with van der Waals surface area (Å²) in [7, 11) is 0. The van der Waals surface area contributed by atoms with Gasteiger partial charge in [-0.05, 0) is 64.3 Å². The summed E-state index contributed by atoms with van der Waals surface area (Å²) in [5.41, 5.74) is 1.49. The lowest BCUT2D eigenvalue weighted by Crippen LogP contribution is -2.15. The van der Waals surface area contributed by atoms with Gasteiger partial charge in [0, 0.05) is 9.75 Å². The first-order valence-corrected chi connectivity index (χ1v) is 7.32. The molecule has 0 aliphatic rings. The predicted molar refractivity (Wildman–Crippen MR) is 74.5 cm³/mol. The summed E-state index contributed by atoms with van der Waals surface area (Å²) in [6.45, 7) is 9.02. The van der Waals surface area contributed by atoms with Crippen LogP contribution in [0.3, 0.4) is 0 Å². The van der Waals surface area contributed by atoms with E-state index >= 15 is 0 Å². The second-order valence-electron chi connectivity index (χ2n) is 4.52. The Labute approximate surface area is 104 Å². The zero-order valence-electron chi connectivity index (χ0n) is 10.9. The van der Waals surface area contributed by atoms with Crippen molar-refractivity contribution in [2.75, 3.05) is 13.1 Å². The van der Waals surface area contributed by atoms with E-state index in [9.17, 15) is 0 Å². The summed E-state index contributed by atoms with van der Waals surface area (Å²) in [4.78, 5) is 3.05. The molecule has 0 fully saturated rings. The first-order valence-electron chi connectivity index (χ1n) is 6.50. The monoisotopic (exact) mass is 239 g/mol. The van der Waals surface area contributed by atoms with E-state index in [-0.39, 0.29) is 0 Å². The first-order chi connectivity index (χ1) is 7.74. The van der Waals surface area contributed by atoms with Crippen LogP contribution in [-0.4, -0.2) is 13.1 Å². The summed E-state index contributed by atoms with van der Waals surface area (Å²) >= 11 is 1.97. The van der Waals surface area contributed by atoms with Crippen molar-refractivity contribution >= 4 is 11.3 Å². The van der Waals surface area contributed by atoms with Crippen molar-refractivity contribution in [3.8, 4) is 0 Å². The van der Waals surface area contributed by atoms with Gasteiger partial charge in [-0.2, -0.15) is 0 Å². The van der Waals surface area contributed by atoms with Crippen molar-refractivity contribution in [1.29, 1.82) is 0 Å². The summed E-state index contributed by atoms with van der Waals surface area (Å²) < 4.78 is 0. The number of rotatable bonds is 8. The van der Waals surface area contributed by atoms with E-state index in [0.717, 1.165) is 0 Å². The molecule has 2 heteroatoms. The quantitative estimate of drug-likeness (QED) is 0.674. The van der Waals surface area contributed by atoms with Gasteiger partial charge in [-0.3, -0.25) is 0 Å². The van der Waals surface area contributed by atoms with Crippen LogP contribution in [-0.2, 0) is 6.42 Å². The van der Waals surface area contributed by atoms with Crippen LogP contribution in [0, 0.1) is 13.8 Å². The molecule has 0 unspecified atom stereocenters. The van der Waals surface area contributed by atoms with Crippen molar-refractivity contribution in [2.45, 2.75) is 52.9 Å². The Balaban J connectivity index is 2.05. The van der Waals surface area contributed by atoms with Crippen LogP contribution in [0.25, 0.3) is 0 Å². The minimum Gasteiger partial charge on any atom is -0.317 e. The lowest BCUT2D eigenvalue weighted by Gasteiger charge is -2.03. The third kappa shape index (κ3) is 5.13. The average molecular weight is 239 g/mol. The highest BCUT2D eigenvalue weighted by atomic mass is 32.1. The van der Waals surface area contributed by atoms with Gasteiger partial charge in [-0.1, -0.05) is 13.3 Å². The van der Waals surface area contributed by atoms with Crippen molar-refractivity contribution < 1.29 is 0 Å². The Morgan fingerprint density at radius 2 is 1.94 bits per heavy atom. The van der Waals surface area contributed by atoms with E-state index in [1.54, 1.807) is 4.88 Å². The molecule has 0 bridgehead atoms. The second kappa shape index (κ2) is 7.86. The molecule has 1 N–H and O–H groups in total. The number of hydrogen-bond acceptors (Lipinski definition) is 2. The van der Waals surface area contributed by atoms with Crippen LogP contribution >= 0.6 is 11.3 Å². The van der Waals surface area contributed by atoms with E-state index in [1.165, 1.54) is 55.6 Å². The summed E-state index contributed by atoms with van der Waals surface area (Å²) in [6, 6.07) is 2.31. The standard InChI is InChI=1S/C14H25NS/c1-4-9-15-10-7-5-6-8-14-12(2)11-13(3)16-14/h11,15H,4-10H2,1-3H3. The normalized spacial score (nSPS) is 10.9. The molecule has 92 valence electrons. The molecule has 0 saturated heterocycles. The van der Waals surface area contributed by atoms with Crippen LogP contribution in [0.5, 0.6) is 0 Å². The fourth-order valence-corrected chi connectivity index (χ4v) is 3.04. The van der Waals surface area contributed by atoms with Gasteiger partial charge in [0.1, 0.15) is 0 Å². The van der Waals surface area contributed by atoms with E-state index < -0.39 is 0 Å². The molecule has 0 spiro atoms. The highest BCUT2D eigenvalue weighted by molar-refractivity contribution is 7.12. The number of unbranched alkanes of at least 4 members (excludes halogenated alkanes) is 2. The Morgan fingerprint density at radius 1 is 1.12 bits per heavy atom. The molecule has 1 heterocycles. The molecule has 16 heavy (non-hydrogen) atoms. The highest BCUT2D eigenvalue weighted by Crippen LogP contribution is 2.22. The van der Waals surface area contributed by atoms with Crippen molar-refractivity contribution in [1.82, 2.24) is 5.32 Å². The molecule has 1 aromatic heterocycles. The van der Waals surface area contributed by atoms with Crippen molar-refractivity contribution in [3.05, 3.63) is 21.4 Å². The summed E-state index contributed by atoms with van der Waals surface area (Å²) in [5, 5.41) is 3.45. The van der Waals surface area contributed by atoms with Gasteiger partial charge < -0.3 is 5.32 Å². The van der Waals surface area contributed by atoms with Gasteiger partial charge in [0.2, 0.25) is 0 Å². The van der Waals surface area contributed by atoms with Crippen LogP contribution in [0.2, 0.25) is 0 Å². The van der Waals surface area contributed by atoms with Gasteiger partial charge in [0.05, 0.1) is 0 Å². The molecule has 0 aliphatic carbocycles. The third-order valence-electron chi connectivity index (χ3n) is 2.83. The minimum atomic E-state index is 1.17. The molecule has 0 radical (unpaired) electrons. The van der Waals surface area contributed by atoms with E-state index in [1.807, 2.05) is 11.3 Å². The van der Waals surface area contributed by atoms with Gasteiger partial charge in [-0.15, -0.1) is 11.3 Å². The molecule has 0 amide bonds. The minimum absolute atomic E-state index is 1.17. The summed E-state index contributed by atoms with van der Waals surface area (Å²) in [6.07, 6.45) is 6.54. The van der Waals surface area contributed by atoms with Crippen LogP contribution < -0.4 is 5.32 Å². The van der Waals surface area contributed by atoms with Gasteiger partial charge in [0.25, 0.3) is 0 Å². The van der Waals surface area contributed by atoms with E-state index in [2.05, 4.69) is 32.2 Å².